The fraction of sp³-hybridized carbons (Fsp3) is 0.312. The molecule has 3 aromatic rings. The van der Waals surface area contributed by atoms with Crippen LogP contribution in [0.2, 0.25) is 0 Å². The average Bonchev–Trinajstić information content (AvgIpc) is 3.95. The van der Waals surface area contributed by atoms with Gasteiger partial charge >= 0.3 is 11.9 Å². The topological polar surface area (TPSA) is 136 Å². The van der Waals surface area contributed by atoms with Crippen LogP contribution in [0.5, 0.6) is 0 Å². The summed E-state index contributed by atoms with van der Waals surface area (Å²) in [5.74, 6) is -2.15. The second-order valence-corrected chi connectivity index (χ2v) is 10.2. The van der Waals surface area contributed by atoms with Gasteiger partial charge < -0.3 is 29.6 Å². The second kappa shape index (κ2) is 13.0. The Hall–Kier alpha value is -4.54. The molecule has 2 N–H and O–H groups in total. The van der Waals surface area contributed by atoms with Gasteiger partial charge in [-0.25, -0.2) is 9.59 Å². The van der Waals surface area contributed by atoms with E-state index in [0.717, 1.165) is 11.1 Å². The van der Waals surface area contributed by atoms with Crippen molar-refractivity contribution in [2.45, 2.75) is 50.3 Å². The van der Waals surface area contributed by atoms with Crippen LogP contribution in [-0.4, -0.2) is 61.3 Å². The van der Waals surface area contributed by atoms with Gasteiger partial charge in [0.2, 0.25) is 0 Å². The number of hydrogen-bond donors (Lipinski definition) is 2. The highest BCUT2D eigenvalue weighted by Crippen LogP contribution is 2.39. The molecule has 218 valence electrons. The lowest BCUT2D eigenvalue weighted by Crippen LogP contribution is -2.40. The van der Waals surface area contributed by atoms with E-state index in [1.165, 1.54) is 38.1 Å². The van der Waals surface area contributed by atoms with Gasteiger partial charge in [0.25, 0.3) is 11.8 Å². The van der Waals surface area contributed by atoms with E-state index in [-0.39, 0.29) is 48.8 Å². The Kier molecular flexibility index (Phi) is 8.94. The number of amides is 2. The molecule has 5 rings (SSSR count). The molecular weight excluding hydrogens is 540 g/mol. The number of benzene rings is 3. The third-order valence-corrected chi connectivity index (χ3v) is 7.01. The monoisotopic (exact) mass is 572 g/mol. The summed E-state index contributed by atoms with van der Waals surface area (Å²) in [6.07, 6.45) is -0.611. The molecule has 0 bridgehead atoms. The summed E-state index contributed by atoms with van der Waals surface area (Å²) >= 11 is 0. The summed E-state index contributed by atoms with van der Waals surface area (Å²) < 4.78 is 21.7. The van der Waals surface area contributed by atoms with Crippen molar-refractivity contribution in [2.75, 3.05) is 13.2 Å². The van der Waals surface area contributed by atoms with E-state index < -0.39 is 35.8 Å². The van der Waals surface area contributed by atoms with Gasteiger partial charge in [-0.2, -0.15) is 0 Å². The normalized spacial score (nSPS) is 21.8. The highest BCUT2D eigenvalue weighted by Gasteiger charge is 2.42. The molecule has 0 spiro atoms. The zero-order valence-corrected chi connectivity index (χ0v) is 23.2. The first-order valence-corrected chi connectivity index (χ1v) is 13.8. The number of rotatable bonds is 12. The van der Waals surface area contributed by atoms with E-state index in [0.29, 0.717) is 0 Å². The van der Waals surface area contributed by atoms with Crippen LogP contribution < -0.4 is 10.6 Å². The Labute approximate surface area is 243 Å². The lowest BCUT2D eigenvalue weighted by Gasteiger charge is -2.14. The van der Waals surface area contributed by atoms with Crippen molar-refractivity contribution in [1.82, 2.24) is 10.6 Å². The Morgan fingerprint density at radius 1 is 0.619 bits per heavy atom. The Morgan fingerprint density at radius 3 is 1.33 bits per heavy atom. The van der Waals surface area contributed by atoms with Crippen LogP contribution in [0.3, 0.4) is 0 Å². The van der Waals surface area contributed by atoms with E-state index in [9.17, 15) is 19.2 Å². The van der Waals surface area contributed by atoms with Crippen LogP contribution in [0, 0.1) is 0 Å². The zero-order chi connectivity index (χ0) is 29.6. The molecule has 10 nitrogen and oxygen atoms in total. The molecular formula is C32H32N2O8. The number of hydrogen-bond acceptors (Lipinski definition) is 8. The SMILES string of the molecule is CC(NC(=O)c1ccc(C(=O)NC(C)C(=O)OCC2OC2c2ccccc2)cc1)C(=O)OCC1OC1c1ccccc1. The third-order valence-electron chi connectivity index (χ3n) is 7.01. The van der Waals surface area contributed by atoms with Crippen LogP contribution in [-0.2, 0) is 28.5 Å². The molecule has 2 fully saturated rings. The maximum absolute atomic E-state index is 12.6. The van der Waals surface area contributed by atoms with Crippen molar-refractivity contribution in [2.24, 2.45) is 0 Å². The average molecular weight is 573 g/mol. The van der Waals surface area contributed by atoms with Gasteiger partial charge in [0, 0.05) is 11.1 Å². The predicted molar refractivity (Wildman–Crippen MR) is 150 cm³/mol. The number of ether oxygens (including phenoxy) is 4. The molecule has 0 aromatic heterocycles. The van der Waals surface area contributed by atoms with Gasteiger partial charge in [-0.3, -0.25) is 9.59 Å². The van der Waals surface area contributed by atoms with E-state index in [1.807, 2.05) is 60.7 Å². The first-order chi connectivity index (χ1) is 20.3. The molecule has 2 heterocycles. The van der Waals surface area contributed by atoms with Crippen LogP contribution in [0.4, 0.5) is 0 Å². The summed E-state index contributed by atoms with van der Waals surface area (Å²) in [5, 5.41) is 5.19. The highest BCUT2D eigenvalue weighted by molar-refractivity contribution is 6.00. The quantitative estimate of drug-likeness (QED) is 0.249. The molecule has 6 atom stereocenters. The summed E-state index contributed by atoms with van der Waals surface area (Å²) in [6, 6.07) is 23.4. The van der Waals surface area contributed by atoms with Crippen molar-refractivity contribution in [3.63, 3.8) is 0 Å². The van der Waals surface area contributed by atoms with Gasteiger partial charge in [-0.1, -0.05) is 60.7 Å². The highest BCUT2D eigenvalue weighted by atomic mass is 16.6. The summed E-state index contributed by atoms with van der Waals surface area (Å²) in [4.78, 5) is 50.0. The fourth-order valence-electron chi connectivity index (χ4n) is 4.44. The van der Waals surface area contributed by atoms with E-state index in [4.69, 9.17) is 18.9 Å². The molecule has 2 amide bonds. The molecule has 2 aliphatic rings. The minimum Gasteiger partial charge on any atom is -0.461 e. The molecule has 0 aliphatic carbocycles. The van der Waals surface area contributed by atoms with Crippen LogP contribution in [0.25, 0.3) is 0 Å². The molecule has 42 heavy (non-hydrogen) atoms. The number of carbonyl (C=O) groups excluding carboxylic acids is 4. The summed E-state index contributed by atoms with van der Waals surface area (Å²) in [7, 11) is 0. The number of nitrogens with one attached hydrogen (secondary N) is 2. The third kappa shape index (κ3) is 7.39. The molecule has 0 saturated carbocycles. The van der Waals surface area contributed by atoms with E-state index in [2.05, 4.69) is 10.6 Å². The van der Waals surface area contributed by atoms with E-state index in [1.54, 1.807) is 0 Å². The van der Waals surface area contributed by atoms with Gasteiger partial charge in [0.1, 0.15) is 49.7 Å². The van der Waals surface area contributed by atoms with Crippen LogP contribution >= 0.6 is 0 Å². The molecule has 10 heteroatoms. The number of carbonyl (C=O) groups is 4. The van der Waals surface area contributed by atoms with Crippen molar-refractivity contribution in [3.05, 3.63) is 107 Å². The van der Waals surface area contributed by atoms with Gasteiger partial charge in [-0.05, 0) is 49.2 Å². The largest absolute Gasteiger partial charge is 0.461 e. The molecule has 6 unspecified atom stereocenters. The lowest BCUT2D eigenvalue weighted by molar-refractivity contribution is -0.146. The van der Waals surface area contributed by atoms with E-state index >= 15 is 0 Å². The summed E-state index contributed by atoms with van der Waals surface area (Å²) in [6.45, 7) is 3.25. The Bertz CT molecular complexity index is 1300. The van der Waals surface area contributed by atoms with Crippen molar-refractivity contribution in [1.29, 1.82) is 0 Å². The van der Waals surface area contributed by atoms with Gasteiger partial charge in [-0.15, -0.1) is 0 Å². The maximum atomic E-state index is 12.6. The Balaban J connectivity index is 1.01. The maximum Gasteiger partial charge on any atom is 0.328 e. The van der Waals surface area contributed by atoms with Crippen molar-refractivity contribution < 1.29 is 38.1 Å². The molecule has 0 radical (unpaired) electrons. The zero-order valence-electron chi connectivity index (χ0n) is 23.2. The fourth-order valence-corrected chi connectivity index (χ4v) is 4.44. The summed E-state index contributed by atoms with van der Waals surface area (Å²) in [5.41, 5.74) is 2.55. The Morgan fingerprint density at radius 2 is 0.976 bits per heavy atom. The standard InChI is InChI=1S/C32H32N2O8/c1-19(31(37)39-17-25-27(41-25)21-9-5-3-6-10-21)33-29(35)23-13-15-24(16-14-23)30(36)34-20(2)32(38)40-18-26-28(42-26)22-11-7-4-8-12-22/h3-16,19-20,25-28H,17-18H2,1-2H3,(H,33,35)(H,34,36). The predicted octanol–water partition coefficient (Wildman–Crippen LogP) is 3.29. The van der Waals surface area contributed by atoms with Crippen molar-refractivity contribution >= 4 is 23.8 Å². The number of esters is 2. The first kappa shape index (κ1) is 29.0. The minimum atomic E-state index is -0.884. The number of epoxide rings is 2. The van der Waals surface area contributed by atoms with Crippen LogP contribution in [0.1, 0.15) is 57.9 Å². The van der Waals surface area contributed by atoms with Gasteiger partial charge in [0.15, 0.2) is 0 Å². The van der Waals surface area contributed by atoms with Gasteiger partial charge in [0.05, 0.1) is 0 Å². The smallest absolute Gasteiger partial charge is 0.328 e. The second-order valence-electron chi connectivity index (χ2n) is 10.2. The molecule has 3 aromatic carbocycles. The lowest BCUT2D eigenvalue weighted by atomic mass is 10.1. The molecule has 2 saturated heterocycles. The molecule has 2 aliphatic heterocycles. The minimum absolute atomic E-state index is 0.0942. The van der Waals surface area contributed by atoms with Crippen molar-refractivity contribution in [3.8, 4) is 0 Å². The van der Waals surface area contributed by atoms with Crippen LogP contribution in [0.15, 0.2) is 84.9 Å². The first-order valence-electron chi connectivity index (χ1n) is 13.8.